The second-order valence-corrected chi connectivity index (χ2v) is 2.91. The molecule has 0 aliphatic heterocycles. The zero-order chi connectivity index (χ0) is 11.0. The van der Waals surface area contributed by atoms with Crippen LogP contribution in [0.15, 0.2) is 18.0 Å². The van der Waals surface area contributed by atoms with E-state index in [4.69, 9.17) is 5.11 Å². The number of aliphatic carboxylic acids is 1. The number of rotatable bonds is 5. The fourth-order valence-electron chi connectivity index (χ4n) is 0.897. The van der Waals surface area contributed by atoms with Crippen LogP contribution in [0.1, 0.15) is 26.7 Å². The van der Waals surface area contributed by atoms with E-state index in [1.807, 2.05) is 6.92 Å². The van der Waals surface area contributed by atoms with Crippen molar-refractivity contribution in [2.75, 3.05) is 0 Å². The lowest BCUT2D eigenvalue weighted by Gasteiger charge is -2.02. The van der Waals surface area contributed by atoms with E-state index >= 15 is 0 Å². The number of hydrogen-bond acceptors (Lipinski definition) is 2. The van der Waals surface area contributed by atoms with Crippen LogP contribution in [0.25, 0.3) is 0 Å². The second-order valence-electron chi connectivity index (χ2n) is 2.91. The normalized spacial score (nSPS) is 11.0. The van der Waals surface area contributed by atoms with Gasteiger partial charge in [0.05, 0.1) is 5.92 Å². The zero-order valence-electron chi connectivity index (χ0n) is 8.41. The molecule has 4 heteroatoms. The van der Waals surface area contributed by atoms with Gasteiger partial charge in [0.25, 0.3) is 0 Å². The number of nitrogens with one attached hydrogen (secondary N) is 1. The molecule has 0 aromatic rings. The Hall–Kier alpha value is -1.54. The predicted octanol–water partition coefficient (Wildman–Crippen LogP) is 1.29. The number of carbonyl (C=O) groups is 2. The Balaban J connectivity index is 4.20. The van der Waals surface area contributed by atoms with Gasteiger partial charge in [0.1, 0.15) is 0 Å². The molecule has 0 radical (unpaired) electrons. The maximum Gasteiger partial charge on any atom is 0.310 e. The third-order valence-electron chi connectivity index (χ3n) is 1.57. The minimum Gasteiger partial charge on any atom is -0.481 e. The van der Waals surface area contributed by atoms with E-state index in [2.05, 4.69) is 11.0 Å². The van der Waals surface area contributed by atoms with Gasteiger partial charge < -0.3 is 10.4 Å². The molecule has 14 heavy (non-hydrogen) atoms. The number of amides is 1. The highest BCUT2D eigenvalue weighted by Gasteiger charge is 2.11. The molecule has 0 saturated heterocycles. The van der Waals surface area contributed by atoms with Crippen LogP contribution in [-0.4, -0.2) is 17.0 Å². The van der Waals surface area contributed by atoms with Crippen LogP contribution in [0, 0.1) is 5.92 Å². The third-order valence-corrected chi connectivity index (χ3v) is 1.57. The number of carboxylic acids is 1. The molecule has 1 atom stereocenters. The molecular formula is C10H15NO3. The summed E-state index contributed by atoms with van der Waals surface area (Å²) in [5.74, 6) is -1.59. The van der Waals surface area contributed by atoms with Gasteiger partial charge in [-0.1, -0.05) is 13.3 Å². The molecule has 4 nitrogen and oxygen atoms in total. The molecule has 0 saturated carbocycles. The van der Waals surface area contributed by atoms with Crippen molar-refractivity contribution in [1.82, 2.24) is 5.32 Å². The topological polar surface area (TPSA) is 66.4 Å². The van der Waals surface area contributed by atoms with Crippen LogP contribution < -0.4 is 5.32 Å². The highest BCUT2D eigenvalue weighted by molar-refractivity contribution is 5.74. The first-order valence-electron chi connectivity index (χ1n) is 4.49. The Morgan fingerprint density at radius 2 is 2.21 bits per heavy atom. The minimum absolute atomic E-state index is 0.201. The molecule has 0 rings (SSSR count). The lowest BCUT2D eigenvalue weighted by atomic mass is 10.0. The summed E-state index contributed by atoms with van der Waals surface area (Å²) in [6.45, 7) is 3.29. The maximum absolute atomic E-state index is 10.6. The molecule has 0 bridgehead atoms. The van der Waals surface area contributed by atoms with E-state index in [0.29, 0.717) is 6.42 Å². The Morgan fingerprint density at radius 3 is 2.64 bits per heavy atom. The highest BCUT2D eigenvalue weighted by Crippen LogP contribution is 2.06. The summed E-state index contributed by atoms with van der Waals surface area (Å²) >= 11 is 0. The van der Waals surface area contributed by atoms with Gasteiger partial charge >= 0.3 is 5.97 Å². The third kappa shape index (κ3) is 6.03. The van der Waals surface area contributed by atoms with Crippen LogP contribution in [0.3, 0.4) is 0 Å². The van der Waals surface area contributed by atoms with Crippen molar-refractivity contribution in [1.29, 1.82) is 0 Å². The van der Waals surface area contributed by atoms with Gasteiger partial charge in [0, 0.05) is 13.1 Å². The monoisotopic (exact) mass is 197 g/mol. The van der Waals surface area contributed by atoms with Crippen LogP contribution in [0.2, 0.25) is 0 Å². The fourth-order valence-corrected chi connectivity index (χ4v) is 0.897. The summed E-state index contributed by atoms with van der Waals surface area (Å²) in [5, 5.41) is 11.1. The van der Waals surface area contributed by atoms with Gasteiger partial charge in [0.15, 0.2) is 0 Å². The van der Waals surface area contributed by atoms with E-state index in [9.17, 15) is 9.59 Å². The summed E-state index contributed by atoms with van der Waals surface area (Å²) in [6, 6.07) is 0. The van der Waals surface area contributed by atoms with E-state index in [-0.39, 0.29) is 5.91 Å². The van der Waals surface area contributed by atoms with Crippen molar-refractivity contribution in [3.05, 3.63) is 18.0 Å². The van der Waals surface area contributed by atoms with E-state index < -0.39 is 11.9 Å². The molecule has 78 valence electrons. The van der Waals surface area contributed by atoms with Crippen LogP contribution in [-0.2, 0) is 9.59 Å². The molecule has 1 amide bonds. The molecular weight excluding hydrogens is 182 g/mol. The van der Waals surface area contributed by atoms with Crippen molar-refractivity contribution in [2.45, 2.75) is 26.7 Å². The van der Waals surface area contributed by atoms with Gasteiger partial charge in [-0.2, -0.15) is 0 Å². The van der Waals surface area contributed by atoms with Crippen LogP contribution >= 0.6 is 0 Å². The van der Waals surface area contributed by atoms with Crippen molar-refractivity contribution in [2.24, 2.45) is 5.92 Å². The van der Waals surface area contributed by atoms with Gasteiger partial charge in [-0.25, -0.2) is 0 Å². The quantitative estimate of drug-likeness (QED) is 0.653. The van der Waals surface area contributed by atoms with Crippen molar-refractivity contribution >= 4 is 11.9 Å². The van der Waals surface area contributed by atoms with Gasteiger partial charge in [-0.15, -0.1) is 5.73 Å². The molecule has 0 spiro atoms. The highest BCUT2D eigenvalue weighted by atomic mass is 16.4. The molecule has 2 N–H and O–H groups in total. The molecule has 0 aliphatic rings. The largest absolute Gasteiger partial charge is 0.481 e. The molecule has 0 heterocycles. The number of carboxylic acid groups (broad SMARTS) is 1. The summed E-state index contributed by atoms with van der Waals surface area (Å²) in [4.78, 5) is 21.1. The first-order valence-corrected chi connectivity index (χ1v) is 4.49. The molecule has 0 fully saturated rings. The summed E-state index contributed by atoms with van der Waals surface area (Å²) in [5.41, 5.74) is 2.62. The second kappa shape index (κ2) is 6.92. The van der Waals surface area contributed by atoms with Gasteiger partial charge in [0.2, 0.25) is 5.91 Å². The minimum atomic E-state index is -0.865. The van der Waals surface area contributed by atoms with Crippen LogP contribution in [0.4, 0.5) is 0 Å². The number of carbonyl (C=O) groups excluding carboxylic acids is 1. The van der Waals surface area contributed by atoms with Crippen molar-refractivity contribution < 1.29 is 14.7 Å². The Morgan fingerprint density at radius 1 is 1.57 bits per heavy atom. The van der Waals surface area contributed by atoms with Crippen LogP contribution in [0.5, 0.6) is 0 Å². The lowest BCUT2D eigenvalue weighted by Crippen LogP contribution is -2.12. The molecule has 1 unspecified atom stereocenters. The van der Waals surface area contributed by atoms with E-state index in [1.165, 1.54) is 19.2 Å². The van der Waals surface area contributed by atoms with Crippen molar-refractivity contribution in [3.8, 4) is 0 Å². The average molecular weight is 197 g/mol. The van der Waals surface area contributed by atoms with Crippen molar-refractivity contribution in [3.63, 3.8) is 0 Å². The Kier molecular flexibility index (Phi) is 6.16. The zero-order valence-corrected chi connectivity index (χ0v) is 8.41. The number of hydrogen-bond donors (Lipinski definition) is 2. The molecule has 0 aromatic heterocycles. The standard InChI is InChI=1S/C10H15NO3/c1-3-5-9(10(13)14)6-4-7-11-8(2)12/h6-7,9H,3,5H2,1-2H3,(H,11,12)(H,13,14). The lowest BCUT2D eigenvalue weighted by molar-refractivity contribution is -0.140. The molecule has 0 aromatic carbocycles. The maximum atomic E-state index is 10.6. The molecule has 0 aliphatic carbocycles. The average Bonchev–Trinajstić information content (AvgIpc) is 2.09. The SMILES string of the molecule is CCCC(C=C=CNC(C)=O)C(=O)O. The first-order chi connectivity index (χ1) is 6.57. The Labute approximate surface area is 83.3 Å². The Bertz CT molecular complexity index is 265. The van der Waals surface area contributed by atoms with Gasteiger partial charge in [-0.3, -0.25) is 9.59 Å². The summed E-state index contributed by atoms with van der Waals surface area (Å²) < 4.78 is 0. The van der Waals surface area contributed by atoms with Gasteiger partial charge in [-0.05, 0) is 12.5 Å². The smallest absolute Gasteiger partial charge is 0.310 e. The first kappa shape index (κ1) is 12.5. The summed E-state index contributed by atoms with van der Waals surface area (Å²) in [6.07, 6.45) is 4.14. The predicted molar refractivity (Wildman–Crippen MR) is 52.5 cm³/mol. The van der Waals surface area contributed by atoms with E-state index in [0.717, 1.165) is 6.42 Å². The van der Waals surface area contributed by atoms with E-state index in [1.54, 1.807) is 0 Å². The summed E-state index contributed by atoms with van der Waals surface area (Å²) in [7, 11) is 0. The fraction of sp³-hybridized carbons (Fsp3) is 0.500.